The Kier molecular flexibility index (Phi) is 18.1. The van der Waals surface area contributed by atoms with E-state index in [1.807, 2.05) is 32.9 Å². The summed E-state index contributed by atoms with van der Waals surface area (Å²) in [6.07, 6.45) is 10.4. The van der Waals surface area contributed by atoms with Gasteiger partial charge in [0.25, 0.3) is 0 Å². The Balaban J connectivity index is 2.87. The quantitative estimate of drug-likeness (QED) is 0.125. The van der Waals surface area contributed by atoms with Gasteiger partial charge in [-0.2, -0.15) is 5.26 Å². The lowest BCUT2D eigenvalue weighted by atomic mass is 9.80. The van der Waals surface area contributed by atoms with E-state index in [9.17, 15) is 14.9 Å². The van der Waals surface area contributed by atoms with Crippen molar-refractivity contribution in [3.05, 3.63) is 12.2 Å². The van der Waals surface area contributed by atoms with Crippen molar-refractivity contribution < 1.29 is 38.0 Å². The molecule has 0 aliphatic carbocycles. The first-order valence-corrected chi connectivity index (χ1v) is 15.1. The van der Waals surface area contributed by atoms with E-state index in [1.54, 1.807) is 27.9 Å². The maximum absolute atomic E-state index is 13.5. The number of amides is 2. The van der Waals surface area contributed by atoms with Gasteiger partial charge in [0.15, 0.2) is 0 Å². The van der Waals surface area contributed by atoms with Crippen LogP contribution in [-0.4, -0.2) is 106 Å². The molecule has 5 atom stereocenters. The van der Waals surface area contributed by atoms with Gasteiger partial charge in [-0.3, -0.25) is 9.69 Å². The summed E-state index contributed by atoms with van der Waals surface area (Å²) in [5.74, 6) is 1.96. The molecule has 1 aliphatic rings. The first kappa shape index (κ1) is 38.4. The van der Waals surface area contributed by atoms with Crippen molar-refractivity contribution in [1.29, 1.82) is 5.26 Å². The third-order valence-electron chi connectivity index (χ3n) is 7.09. The van der Waals surface area contributed by atoms with E-state index in [4.69, 9.17) is 34.8 Å². The monoisotopic (exact) mass is 607 g/mol. The highest BCUT2D eigenvalue weighted by Gasteiger charge is 2.53. The highest BCUT2D eigenvalue weighted by atomic mass is 16.6. The van der Waals surface area contributed by atoms with Gasteiger partial charge in [-0.25, -0.2) is 4.79 Å². The number of ether oxygens (including phenoxy) is 6. The van der Waals surface area contributed by atoms with E-state index in [0.29, 0.717) is 52.5 Å². The lowest BCUT2D eigenvalue weighted by Gasteiger charge is -2.44. The highest BCUT2D eigenvalue weighted by molar-refractivity contribution is 5.77. The van der Waals surface area contributed by atoms with E-state index in [2.05, 4.69) is 17.3 Å². The summed E-state index contributed by atoms with van der Waals surface area (Å²) in [5, 5.41) is 13.2. The number of nitriles is 1. The van der Waals surface area contributed by atoms with Crippen LogP contribution in [0.3, 0.4) is 0 Å². The lowest BCUT2D eigenvalue weighted by Crippen LogP contribution is -2.64. The molecule has 244 valence electrons. The lowest BCUT2D eigenvalue weighted by molar-refractivity contribution is -0.128. The molecular formula is C32H53N3O8. The largest absolute Gasteiger partial charge is 0.444 e. The number of carbonyl (C=O) groups excluding carboxylic acids is 2. The Morgan fingerprint density at radius 3 is 2.12 bits per heavy atom. The maximum atomic E-state index is 13.5. The SMILES string of the molecule is C#CCOCCOCCOCCOCCC(=O)N[C@H]([C@H]1[C@H](/C=C\C)C[C@H](C#N)N1C(=O)OC(C)(C)C)C(C)(CCC)OC. The first-order valence-electron chi connectivity index (χ1n) is 15.1. The summed E-state index contributed by atoms with van der Waals surface area (Å²) in [7, 11) is 1.61. The zero-order valence-corrected chi connectivity index (χ0v) is 27.2. The van der Waals surface area contributed by atoms with Crippen LogP contribution >= 0.6 is 0 Å². The third-order valence-corrected chi connectivity index (χ3v) is 7.09. The number of hydrogen-bond donors (Lipinski definition) is 1. The molecule has 0 aromatic carbocycles. The predicted octanol–water partition coefficient (Wildman–Crippen LogP) is 3.86. The van der Waals surface area contributed by atoms with Gasteiger partial charge < -0.3 is 33.7 Å². The van der Waals surface area contributed by atoms with Crippen LogP contribution in [0.2, 0.25) is 0 Å². The van der Waals surface area contributed by atoms with E-state index in [0.717, 1.165) is 6.42 Å². The fraction of sp³-hybridized carbons (Fsp3) is 0.781. The number of nitrogens with one attached hydrogen (secondary N) is 1. The van der Waals surface area contributed by atoms with E-state index >= 15 is 0 Å². The first-order chi connectivity index (χ1) is 20.5. The van der Waals surface area contributed by atoms with Gasteiger partial charge in [0.05, 0.1) is 70.0 Å². The molecule has 1 saturated heterocycles. The topological polar surface area (TPSA) is 129 Å². The molecule has 43 heavy (non-hydrogen) atoms. The molecule has 1 rings (SSSR count). The summed E-state index contributed by atoms with van der Waals surface area (Å²) in [6.45, 7) is 14.1. The van der Waals surface area contributed by atoms with Crippen molar-refractivity contribution in [2.45, 2.75) is 96.6 Å². The van der Waals surface area contributed by atoms with Crippen LogP contribution in [0.4, 0.5) is 4.79 Å². The number of likely N-dealkylation sites (tertiary alicyclic amines) is 1. The summed E-state index contributed by atoms with van der Waals surface area (Å²) in [5.41, 5.74) is -1.57. The fourth-order valence-corrected chi connectivity index (χ4v) is 5.13. The van der Waals surface area contributed by atoms with Crippen molar-refractivity contribution >= 4 is 12.0 Å². The Hall–Kier alpha value is -2.67. The van der Waals surface area contributed by atoms with Crippen LogP contribution in [0.1, 0.15) is 67.2 Å². The van der Waals surface area contributed by atoms with Crippen LogP contribution in [0.15, 0.2) is 12.2 Å². The molecule has 0 radical (unpaired) electrons. The van der Waals surface area contributed by atoms with Gasteiger partial charge in [0.1, 0.15) is 18.2 Å². The highest BCUT2D eigenvalue weighted by Crippen LogP contribution is 2.39. The minimum Gasteiger partial charge on any atom is -0.444 e. The number of allylic oxidation sites excluding steroid dienone is 1. The molecule has 0 spiro atoms. The molecule has 1 N–H and O–H groups in total. The van der Waals surface area contributed by atoms with E-state index in [1.165, 1.54) is 4.90 Å². The van der Waals surface area contributed by atoms with Crippen LogP contribution < -0.4 is 5.32 Å². The van der Waals surface area contributed by atoms with E-state index in [-0.39, 0.29) is 31.5 Å². The molecule has 11 nitrogen and oxygen atoms in total. The second-order valence-corrected chi connectivity index (χ2v) is 11.6. The Bertz CT molecular complexity index is 938. The van der Waals surface area contributed by atoms with Gasteiger partial charge >= 0.3 is 6.09 Å². The fourth-order valence-electron chi connectivity index (χ4n) is 5.13. The van der Waals surface area contributed by atoms with Crippen LogP contribution in [0.25, 0.3) is 0 Å². The number of methoxy groups -OCH3 is 1. The Labute approximate surface area is 258 Å². The molecule has 0 aromatic heterocycles. The third kappa shape index (κ3) is 13.7. The molecule has 1 aliphatic heterocycles. The van der Waals surface area contributed by atoms with E-state index < -0.39 is 35.4 Å². The minimum absolute atomic E-state index is 0.109. The van der Waals surface area contributed by atoms with Crippen molar-refractivity contribution in [1.82, 2.24) is 10.2 Å². The van der Waals surface area contributed by atoms with Crippen LogP contribution in [0.5, 0.6) is 0 Å². The Morgan fingerprint density at radius 1 is 1.05 bits per heavy atom. The van der Waals surface area contributed by atoms with Gasteiger partial charge in [0, 0.05) is 19.4 Å². The van der Waals surface area contributed by atoms with Crippen LogP contribution in [0, 0.1) is 29.6 Å². The summed E-state index contributed by atoms with van der Waals surface area (Å²) >= 11 is 0. The predicted molar refractivity (Wildman–Crippen MR) is 163 cm³/mol. The number of terminal acetylenes is 1. The van der Waals surface area contributed by atoms with Gasteiger partial charge in [-0.05, 0) is 47.5 Å². The van der Waals surface area contributed by atoms with Crippen molar-refractivity contribution in [3.63, 3.8) is 0 Å². The second kappa shape index (κ2) is 20.3. The molecule has 0 saturated carbocycles. The number of nitrogens with zero attached hydrogens (tertiary/aromatic N) is 2. The second-order valence-electron chi connectivity index (χ2n) is 11.6. The normalized spacial score (nSPS) is 20.8. The minimum atomic E-state index is -0.816. The molecular weight excluding hydrogens is 554 g/mol. The van der Waals surface area contributed by atoms with Gasteiger partial charge in [-0.1, -0.05) is 31.4 Å². The van der Waals surface area contributed by atoms with Crippen molar-refractivity contribution in [2.24, 2.45) is 5.92 Å². The maximum Gasteiger partial charge on any atom is 0.411 e. The molecule has 1 unspecified atom stereocenters. The van der Waals surface area contributed by atoms with Crippen molar-refractivity contribution in [2.75, 3.05) is 60.0 Å². The van der Waals surface area contributed by atoms with Gasteiger partial charge in [0.2, 0.25) is 5.91 Å². The van der Waals surface area contributed by atoms with Crippen LogP contribution in [-0.2, 0) is 33.2 Å². The Morgan fingerprint density at radius 2 is 1.63 bits per heavy atom. The summed E-state index contributed by atoms with van der Waals surface area (Å²) < 4.78 is 33.4. The average Bonchev–Trinajstić information content (AvgIpc) is 3.31. The number of hydrogen-bond acceptors (Lipinski definition) is 9. The zero-order valence-electron chi connectivity index (χ0n) is 27.2. The summed E-state index contributed by atoms with van der Waals surface area (Å²) in [4.78, 5) is 28.2. The van der Waals surface area contributed by atoms with Crippen molar-refractivity contribution in [3.8, 4) is 18.4 Å². The molecule has 1 fully saturated rings. The van der Waals surface area contributed by atoms with Gasteiger partial charge in [-0.15, -0.1) is 6.42 Å². The number of carbonyl (C=O) groups is 2. The number of rotatable bonds is 20. The molecule has 11 heteroatoms. The molecule has 1 heterocycles. The average molecular weight is 608 g/mol. The zero-order chi connectivity index (χ0) is 32.3. The molecule has 0 aromatic rings. The standard InChI is InChI=1S/C32H53N3O8/c1-9-12-25-23-26(24-33)35(30(37)43-31(4,5)6)28(25)29(32(7,38-8)14-10-2)34-27(36)13-16-40-18-20-42-22-21-41-19-17-39-15-11-3/h3,9,12,25-26,28-29H,10,13-23H2,1-2,4-8H3,(H,34,36)/b12-9-/t25-,26-,28-,29-,32?/m1/s1. The molecule has 2 amide bonds. The molecule has 0 bridgehead atoms. The summed E-state index contributed by atoms with van der Waals surface area (Å²) in [6, 6.07) is 0.393. The smallest absolute Gasteiger partial charge is 0.411 e.